The topological polar surface area (TPSA) is 51.2 Å². The minimum absolute atomic E-state index is 0.207. The summed E-state index contributed by atoms with van der Waals surface area (Å²) < 4.78 is 6.20. The minimum Gasteiger partial charge on any atom is -0.497 e. The Balaban J connectivity index is 1.70. The second-order valence-electron chi connectivity index (χ2n) is 4.59. The molecular formula is C17H14N2O2S. The first-order valence-electron chi connectivity index (χ1n) is 6.73. The lowest BCUT2D eigenvalue weighted by molar-refractivity contribution is -0.111. The third-order valence-corrected chi connectivity index (χ3v) is 4.00. The summed E-state index contributed by atoms with van der Waals surface area (Å²) in [6, 6.07) is 15.3. The molecule has 1 N–H and O–H groups in total. The van der Waals surface area contributed by atoms with Gasteiger partial charge in [-0.25, -0.2) is 4.98 Å². The van der Waals surface area contributed by atoms with Gasteiger partial charge in [-0.1, -0.05) is 35.6 Å². The molecule has 0 atom stereocenters. The number of anilines is 1. The first-order chi connectivity index (χ1) is 10.7. The maximum atomic E-state index is 12.0. The number of nitrogens with one attached hydrogen (secondary N) is 1. The van der Waals surface area contributed by atoms with E-state index in [0.29, 0.717) is 5.13 Å². The highest BCUT2D eigenvalue weighted by molar-refractivity contribution is 7.22. The van der Waals surface area contributed by atoms with Crippen LogP contribution in [0, 0.1) is 0 Å². The van der Waals surface area contributed by atoms with Crippen molar-refractivity contribution in [2.75, 3.05) is 12.4 Å². The molecular weight excluding hydrogens is 296 g/mol. The molecule has 3 aromatic rings. The second-order valence-corrected chi connectivity index (χ2v) is 5.62. The number of rotatable bonds is 4. The Labute approximate surface area is 132 Å². The van der Waals surface area contributed by atoms with Crippen molar-refractivity contribution in [3.8, 4) is 5.75 Å². The minimum atomic E-state index is -0.207. The molecule has 110 valence electrons. The van der Waals surface area contributed by atoms with Gasteiger partial charge in [0.15, 0.2) is 5.13 Å². The van der Waals surface area contributed by atoms with Gasteiger partial charge < -0.3 is 4.74 Å². The molecule has 0 unspecified atom stereocenters. The molecule has 3 rings (SSSR count). The highest BCUT2D eigenvalue weighted by atomic mass is 32.1. The number of ether oxygens (including phenoxy) is 1. The van der Waals surface area contributed by atoms with E-state index in [-0.39, 0.29) is 5.91 Å². The van der Waals surface area contributed by atoms with Crippen molar-refractivity contribution in [3.63, 3.8) is 0 Å². The fourth-order valence-electron chi connectivity index (χ4n) is 1.99. The van der Waals surface area contributed by atoms with Crippen molar-refractivity contribution in [3.05, 3.63) is 60.2 Å². The Kier molecular flexibility index (Phi) is 4.16. The molecule has 0 saturated carbocycles. The van der Waals surface area contributed by atoms with Crippen LogP contribution in [0.3, 0.4) is 0 Å². The number of amides is 1. The van der Waals surface area contributed by atoms with Crippen LogP contribution in [0.5, 0.6) is 5.75 Å². The van der Waals surface area contributed by atoms with Gasteiger partial charge in [0.05, 0.1) is 17.3 Å². The summed E-state index contributed by atoms with van der Waals surface area (Å²) in [6.45, 7) is 0. The number of nitrogens with zero attached hydrogens (tertiary/aromatic N) is 1. The summed E-state index contributed by atoms with van der Waals surface area (Å²) in [6.07, 6.45) is 3.23. The van der Waals surface area contributed by atoms with E-state index >= 15 is 0 Å². The number of carbonyl (C=O) groups is 1. The molecule has 0 fully saturated rings. The number of para-hydroxylation sites is 1. The van der Waals surface area contributed by atoms with Crippen molar-refractivity contribution in [1.29, 1.82) is 0 Å². The van der Waals surface area contributed by atoms with Gasteiger partial charge in [-0.2, -0.15) is 0 Å². The number of carbonyl (C=O) groups excluding carboxylic acids is 1. The largest absolute Gasteiger partial charge is 0.497 e. The summed E-state index contributed by atoms with van der Waals surface area (Å²) in [5.74, 6) is 0.551. The molecule has 0 aliphatic rings. The van der Waals surface area contributed by atoms with Crippen LogP contribution >= 0.6 is 11.3 Å². The summed E-state index contributed by atoms with van der Waals surface area (Å²) in [5, 5.41) is 3.38. The van der Waals surface area contributed by atoms with Crippen LogP contribution in [-0.4, -0.2) is 18.0 Å². The highest BCUT2D eigenvalue weighted by Gasteiger charge is 2.05. The Hall–Kier alpha value is -2.66. The predicted octanol–water partition coefficient (Wildman–Crippen LogP) is 3.96. The van der Waals surface area contributed by atoms with E-state index in [9.17, 15) is 4.79 Å². The Morgan fingerprint density at radius 2 is 2.09 bits per heavy atom. The lowest BCUT2D eigenvalue weighted by Crippen LogP contribution is -2.07. The Morgan fingerprint density at radius 3 is 2.91 bits per heavy atom. The van der Waals surface area contributed by atoms with E-state index in [0.717, 1.165) is 21.5 Å². The average molecular weight is 310 g/mol. The van der Waals surface area contributed by atoms with Crippen LogP contribution in [0.4, 0.5) is 5.13 Å². The van der Waals surface area contributed by atoms with Crippen molar-refractivity contribution in [2.45, 2.75) is 0 Å². The van der Waals surface area contributed by atoms with E-state index in [1.54, 1.807) is 13.2 Å². The SMILES string of the molecule is COc1cccc(C=CC(=O)Nc2nc3ccccc3s2)c1. The summed E-state index contributed by atoms with van der Waals surface area (Å²) in [5.41, 5.74) is 1.79. The van der Waals surface area contributed by atoms with Gasteiger partial charge in [0, 0.05) is 6.08 Å². The third-order valence-electron chi connectivity index (χ3n) is 3.04. The number of benzene rings is 2. The van der Waals surface area contributed by atoms with Gasteiger partial charge in [0.25, 0.3) is 0 Å². The Bertz CT molecular complexity index is 806. The number of thiazole rings is 1. The standard InChI is InChI=1S/C17H14N2O2S/c1-21-13-6-4-5-12(11-13)9-10-16(20)19-17-18-14-7-2-3-8-15(14)22-17/h2-11H,1H3,(H,18,19,20). The van der Waals surface area contributed by atoms with E-state index in [1.807, 2.05) is 48.5 Å². The van der Waals surface area contributed by atoms with Crippen LogP contribution in [0.15, 0.2) is 54.6 Å². The number of fused-ring (bicyclic) bond motifs is 1. The van der Waals surface area contributed by atoms with Gasteiger partial charge in [0.2, 0.25) is 5.91 Å². The van der Waals surface area contributed by atoms with Crippen LogP contribution < -0.4 is 10.1 Å². The van der Waals surface area contributed by atoms with Gasteiger partial charge in [-0.15, -0.1) is 0 Å². The molecule has 0 spiro atoms. The lowest BCUT2D eigenvalue weighted by atomic mass is 10.2. The van der Waals surface area contributed by atoms with E-state index in [2.05, 4.69) is 10.3 Å². The fourth-order valence-corrected chi connectivity index (χ4v) is 2.86. The molecule has 2 aromatic carbocycles. The van der Waals surface area contributed by atoms with Crippen LogP contribution in [0.1, 0.15) is 5.56 Å². The zero-order valence-corrected chi connectivity index (χ0v) is 12.8. The molecule has 22 heavy (non-hydrogen) atoms. The van der Waals surface area contributed by atoms with Gasteiger partial charge in [0.1, 0.15) is 5.75 Å². The molecule has 4 nitrogen and oxygen atoms in total. The molecule has 0 aliphatic carbocycles. The Morgan fingerprint density at radius 1 is 1.23 bits per heavy atom. The third kappa shape index (κ3) is 3.32. The summed E-state index contributed by atoms with van der Waals surface area (Å²) in [4.78, 5) is 16.3. The number of methoxy groups -OCH3 is 1. The van der Waals surface area contributed by atoms with Crippen LogP contribution in [0.25, 0.3) is 16.3 Å². The zero-order valence-electron chi connectivity index (χ0n) is 11.9. The molecule has 0 aliphatic heterocycles. The molecule has 5 heteroatoms. The van der Waals surface area contributed by atoms with Crippen LogP contribution in [-0.2, 0) is 4.79 Å². The second kappa shape index (κ2) is 6.41. The van der Waals surface area contributed by atoms with E-state index in [1.165, 1.54) is 17.4 Å². The van der Waals surface area contributed by atoms with Gasteiger partial charge >= 0.3 is 0 Å². The molecule has 1 heterocycles. The molecule has 0 radical (unpaired) electrons. The number of hydrogen-bond donors (Lipinski definition) is 1. The van der Waals surface area contributed by atoms with Crippen molar-refractivity contribution < 1.29 is 9.53 Å². The zero-order chi connectivity index (χ0) is 15.4. The smallest absolute Gasteiger partial charge is 0.250 e. The molecule has 1 amide bonds. The molecule has 1 aromatic heterocycles. The van der Waals surface area contributed by atoms with Crippen molar-refractivity contribution in [2.24, 2.45) is 0 Å². The normalized spacial score (nSPS) is 11.0. The maximum Gasteiger partial charge on any atom is 0.250 e. The molecule has 0 bridgehead atoms. The van der Waals surface area contributed by atoms with Crippen molar-refractivity contribution >= 4 is 38.7 Å². The highest BCUT2D eigenvalue weighted by Crippen LogP contribution is 2.25. The van der Waals surface area contributed by atoms with E-state index in [4.69, 9.17) is 4.74 Å². The summed E-state index contributed by atoms with van der Waals surface area (Å²) >= 11 is 1.46. The first kappa shape index (κ1) is 14.3. The quantitative estimate of drug-likeness (QED) is 0.742. The lowest BCUT2D eigenvalue weighted by Gasteiger charge is -2.00. The molecule has 0 saturated heterocycles. The van der Waals surface area contributed by atoms with Crippen molar-refractivity contribution in [1.82, 2.24) is 4.98 Å². The summed E-state index contributed by atoms with van der Waals surface area (Å²) in [7, 11) is 1.61. The first-order valence-corrected chi connectivity index (χ1v) is 7.55. The maximum absolute atomic E-state index is 12.0. The fraction of sp³-hybridized carbons (Fsp3) is 0.0588. The van der Waals surface area contributed by atoms with Crippen LogP contribution in [0.2, 0.25) is 0 Å². The van der Waals surface area contributed by atoms with Gasteiger partial charge in [-0.3, -0.25) is 10.1 Å². The number of hydrogen-bond acceptors (Lipinski definition) is 4. The monoisotopic (exact) mass is 310 g/mol. The average Bonchev–Trinajstić information content (AvgIpc) is 2.95. The van der Waals surface area contributed by atoms with Gasteiger partial charge in [-0.05, 0) is 35.9 Å². The number of aromatic nitrogens is 1. The predicted molar refractivity (Wildman–Crippen MR) is 90.3 cm³/mol. The van der Waals surface area contributed by atoms with E-state index < -0.39 is 0 Å².